The maximum Gasteiger partial charge on any atom is 0.199 e. The first-order chi connectivity index (χ1) is 11.7. The van der Waals surface area contributed by atoms with E-state index in [2.05, 4.69) is 43.6 Å². The molecule has 0 unspecified atom stereocenters. The van der Waals surface area contributed by atoms with Crippen molar-refractivity contribution in [2.45, 2.75) is 6.42 Å². The molecule has 1 N–H and O–H groups in total. The fourth-order valence-electron chi connectivity index (χ4n) is 3.13. The molecular weight excluding hydrogens is 302 g/mol. The second kappa shape index (κ2) is 5.99. The van der Waals surface area contributed by atoms with Gasteiger partial charge < -0.3 is 5.32 Å². The Morgan fingerprint density at radius 2 is 2.00 bits per heavy atom. The topological polar surface area (TPSA) is 63.3 Å². The molecule has 7 heteroatoms. The van der Waals surface area contributed by atoms with Crippen molar-refractivity contribution in [3.8, 4) is 0 Å². The summed E-state index contributed by atoms with van der Waals surface area (Å²) in [5.41, 5.74) is 2.28. The van der Waals surface area contributed by atoms with E-state index in [1.165, 1.54) is 10.9 Å². The van der Waals surface area contributed by atoms with Crippen molar-refractivity contribution < 1.29 is 0 Å². The van der Waals surface area contributed by atoms with Gasteiger partial charge in [0.15, 0.2) is 11.8 Å². The molecule has 24 heavy (non-hydrogen) atoms. The van der Waals surface area contributed by atoms with E-state index in [1.54, 1.807) is 0 Å². The first-order valence-corrected chi connectivity index (χ1v) is 8.18. The zero-order chi connectivity index (χ0) is 16.5. The Labute approximate surface area is 140 Å². The number of fused-ring (bicyclic) bond motifs is 1. The summed E-state index contributed by atoms with van der Waals surface area (Å²) < 4.78 is 3.75. The van der Waals surface area contributed by atoms with Gasteiger partial charge in [0.2, 0.25) is 0 Å². The molecule has 2 aromatic heterocycles. The van der Waals surface area contributed by atoms with Crippen LogP contribution < -0.4 is 10.2 Å². The number of hydrogen-bond acceptors (Lipinski definition) is 5. The highest BCUT2D eigenvalue weighted by atomic mass is 15.4. The zero-order valence-corrected chi connectivity index (χ0v) is 14.0. The number of aryl methyl sites for hydroxylation is 2. The Hall–Kier alpha value is -2.83. The highest BCUT2D eigenvalue weighted by Gasteiger charge is 2.20. The minimum absolute atomic E-state index is 0.795. The summed E-state index contributed by atoms with van der Waals surface area (Å²) in [4.78, 5) is 6.68. The quantitative estimate of drug-likeness (QED) is 0.786. The monoisotopic (exact) mass is 323 g/mol. The second-order valence-electron chi connectivity index (χ2n) is 5.97. The lowest BCUT2D eigenvalue weighted by atomic mass is 10.2. The molecule has 1 aliphatic rings. The van der Waals surface area contributed by atoms with Gasteiger partial charge >= 0.3 is 0 Å². The molecule has 0 saturated heterocycles. The second-order valence-corrected chi connectivity index (χ2v) is 5.97. The highest BCUT2D eigenvalue weighted by Crippen LogP contribution is 2.18. The summed E-state index contributed by atoms with van der Waals surface area (Å²) in [7, 11) is 3.92. The molecule has 0 fully saturated rings. The van der Waals surface area contributed by atoms with Gasteiger partial charge in [-0.3, -0.25) is 19.3 Å². The standard InChI is InChI=1S/C17H21N7/c1-22-11-8-16(21-22)24-12-10-19-17(24)18-9-7-14-13-5-3-4-6-15(13)23(2)20-14/h3-6,8,11H,7,9-10,12H2,1-2H3,(H,18,19). The first kappa shape index (κ1) is 14.7. The number of aliphatic imine (C=N–C) groups is 1. The van der Waals surface area contributed by atoms with Crippen LogP contribution in [0.25, 0.3) is 10.9 Å². The van der Waals surface area contributed by atoms with Crippen LogP contribution in [0.1, 0.15) is 5.69 Å². The number of anilines is 1. The van der Waals surface area contributed by atoms with Crippen LogP contribution in [0.3, 0.4) is 0 Å². The highest BCUT2D eigenvalue weighted by molar-refractivity contribution is 5.96. The van der Waals surface area contributed by atoms with Gasteiger partial charge in [-0.15, -0.1) is 0 Å². The first-order valence-electron chi connectivity index (χ1n) is 8.18. The Morgan fingerprint density at radius 1 is 1.12 bits per heavy atom. The van der Waals surface area contributed by atoms with Gasteiger partial charge in [-0.2, -0.15) is 10.2 Å². The molecule has 3 heterocycles. The molecule has 1 aromatic carbocycles. The Kier molecular flexibility index (Phi) is 3.68. The lowest BCUT2D eigenvalue weighted by Gasteiger charge is -2.18. The van der Waals surface area contributed by atoms with Crippen LogP contribution in [-0.4, -0.2) is 45.2 Å². The lowest BCUT2D eigenvalue weighted by molar-refractivity contribution is 0.745. The number of benzene rings is 1. The van der Waals surface area contributed by atoms with Gasteiger partial charge in [0.25, 0.3) is 0 Å². The summed E-state index contributed by atoms with van der Waals surface area (Å²) in [5, 5.41) is 13.8. The number of guanidine groups is 1. The molecule has 7 nitrogen and oxygen atoms in total. The van der Waals surface area contributed by atoms with Crippen LogP contribution in [0.4, 0.5) is 5.82 Å². The number of nitrogens with one attached hydrogen (secondary N) is 1. The van der Waals surface area contributed by atoms with Crippen molar-refractivity contribution in [3.63, 3.8) is 0 Å². The predicted octanol–water partition coefficient (Wildman–Crippen LogP) is 1.32. The number of rotatable bonds is 4. The van der Waals surface area contributed by atoms with Crippen molar-refractivity contribution in [1.29, 1.82) is 0 Å². The molecule has 4 rings (SSSR count). The predicted molar refractivity (Wildman–Crippen MR) is 95.3 cm³/mol. The van der Waals surface area contributed by atoms with Crippen LogP contribution in [-0.2, 0) is 20.5 Å². The molecule has 0 amide bonds. The Balaban J connectivity index is 1.43. The number of aromatic nitrogens is 4. The fourth-order valence-corrected chi connectivity index (χ4v) is 3.13. The van der Waals surface area contributed by atoms with E-state index in [0.29, 0.717) is 0 Å². The normalized spacial score (nSPS) is 14.4. The molecule has 0 radical (unpaired) electrons. The van der Waals surface area contributed by atoms with E-state index < -0.39 is 0 Å². The van der Waals surface area contributed by atoms with Crippen LogP contribution in [0.15, 0.2) is 41.5 Å². The average molecular weight is 323 g/mol. The molecule has 0 spiro atoms. The van der Waals surface area contributed by atoms with E-state index >= 15 is 0 Å². The van der Waals surface area contributed by atoms with E-state index in [0.717, 1.165) is 43.5 Å². The third kappa shape index (κ3) is 2.62. The third-order valence-corrected chi connectivity index (χ3v) is 4.30. The van der Waals surface area contributed by atoms with Gasteiger partial charge in [0.05, 0.1) is 17.8 Å². The van der Waals surface area contributed by atoms with Crippen LogP contribution in [0.5, 0.6) is 0 Å². The molecule has 3 aromatic rings. The fraction of sp³-hybridized carbons (Fsp3) is 0.353. The van der Waals surface area contributed by atoms with E-state index in [4.69, 9.17) is 0 Å². The average Bonchev–Trinajstić information content (AvgIpc) is 3.28. The summed E-state index contributed by atoms with van der Waals surface area (Å²) in [6, 6.07) is 10.3. The molecule has 0 bridgehead atoms. The van der Waals surface area contributed by atoms with Gasteiger partial charge in [-0.05, 0) is 6.07 Å². The number of para-hydroxylation sites is 1. The molecule has 0 atom stereocenters. The summed E-state index contributed by atoms with van der Waals surface area (Å²) >= 11 is 0. The Morgan fingerprint density at radius 3 is 2.83 bits per heavy atom. The summed E-state index contributed by atoms with van der Waals surface area (Å²) in [6.45, 7) is 2.46. The SMILES string of the molecule is Cn1ccc(N2CCN=C2NCCc2nn(C)c3ccccc23)n1. The van der Waals surface area contributed by atoms with Crippen LogP contribution >= 0.6 is 0 Å². The zero-order valence-electron chi connectivity index (χ0n) is 14.0. The molecule has 124 valence electrons. The Bertz CT molecular complexity index is 889. The van der Waals surface area contributed by atoms with E-state index in [9.17, 15) is 0 Å². The molecule has 0 saturated carbocycles. The van der Waals surface area contributed by atoms with Crippen LogP contribution in [0, 0.1) is 0 Å². The summed E-state index contributed by atoms with van der Waals surface area (Å²) in [5.74, 6) is 1.83. The third-order valence-electron chi connectivity index (χ3n) is 4.30. The van der Waals surface area contributed by atoms with Crippen molar-refractivity contribution in [1.82, 2.24) is 24.9 Å². The number of nitrogens with zero attached hydrogens (tertiary/aromatic N) is 6. The number of hydrogen-bond donors (Lipinski definition) is 1. The minimum Gasteiger partial charge on any atom is -0.356 e. The van der Waals surface area contributed by atoms with E-state index in [-0.39, 0.29) is 0 Å². The van der Waals surface area contributed by atoms with Gasteiger partial charge in [-0.25, -0.2) is 0 Å². The van der Waals surface area contributed by atoms with Crippen molar-refractivity contribution in [2.75, 3.05) is 24.5 Å². The van der Waals surface area contributed by atoms with Crippen LogP contribution in [0.2, 0.25) is 0 Å². The van der Waals surface area contributed by atoms with Crippen molar-refractivity contribution >= 4 is 22.7 Å². The maximum atomic E-state index is 4.64. The van der Waals surface area contributed by atoms with E-state index in [1.807, 2.05) is 41.8 Å². The maximum absolute atomic E-state index is 4.64. The largest absolute Gasteiger partial charge is 0.356 e. The minimum atomic E-state index is 0.795. The molecular formula is C17H21N7. The molecule has 1 aliphatic heterocycles. The summed E-state index contributed by atoms with van der Waals surface area (Å²) in [6.07, 6.45) is 2.81. The van der Waals surface area contributed by atoms with Crippen molar-refractivity contribution in [3.05, 3.63) is 42.2 Å². The van der Waals surface area contributed by atoms with Crippen molar-refractivity contribution in [2.24, 2.45) is 19.1 Å². The van der Waals surface area contributed by atoms with Gasteiger partial charge in [-0.1, -0.05) is 18.2 Å². The smallest absolute Gasteiger partial charge is 0.199 e. The van der Waals surface area contributed by atoms with Gasteiger partial charge in [0.1, 0.15) is 0 Å². The lowest BCUT2D eigenvalue weighted by Crippen LogP contribution is -2.39. The molecule has 0 aliphatic carbocycles. The van der Waals surface area contributed by atoms with Gasteiger partial charge in [0, 0.05) is 51.3 Å².